The van der Waals surface area contributed by atoms with Crippen molar-refractivity contribution in [1.29, 1.82) is 0 Å². The van der Waals surface area contributed by atoms with Crippen molar-refractivity contribution in [1.82, 2.24) is 4.90 Å². The van der Waals surface area contributed by atoms with E-state index in [0.29, 0.717) is 24.5 Å². The van der Waals surface area contributed by atoms with Gasteiger partial charge in [-0.2, -0.15) is 0 Å². The molecule has 154 valence electrons. The van der Waals surface area contributed by atoms with E-state index in [1.165, 1.54) is 4.90 Å². The zero-order valence-corrected chi connectivity index (χ0v) is 18.0. The van der Waals surface area contributed by atoms with Crippen LogP contribution in [-0.4, -0.2) is 40.8 Å². The predicted molar refractivity (Wildman–Crippen MR) is 109 cm³/mol. The zero-order chi connectivity index (χ0) is 21.3. The molecule has 0 saturated carbocycles. The lowest BCUT2D eigenvalue weighted by molar-refractivity contribution is -0.145. The summed E-state index contributed by atoms with van der Waals surface area (Å²) in [7, 11) is 0. The lowest BCUT2D eigenvalue weighted by Gasteiger charge is -2.40. The molecule has 1 heterocycles. The van der Waals surface area contributed by atoms with Gasteiger partial charge in [0.05, 0.1) is 18.7 Å². The summed E-state index contributed by atoms with van der Waals surface area (Å²) in [6, 6.07) is 6.08. The van der Waals surface area contributed by atoms with Gasteiger partial charge in [0.25, 0.3) is 5.91 Å². The van der Waals surface area contributed by atoms with Crippen LogP contribution in [0.2, 0.25) is 0 Å². The van der Waals surface area contributed by atoms with E-state index in [1.807, 2.05) is 48.5 Å². The van der Waals surface area contributed by atoms with E-state index in [-0.39, 0.29) is 29.6 Å². The van der Waals surface area contributed by atoms with Gasteiger partial charge in [-0.3, -0.25) is 14.4 Å². The number of nitrogens with zero attached hydrogens (tertiary/aromatic N) is 2. The number of hydrogen-bond donors (Lipinski definition) is 0. The summed E-state index contributed by atoms with van der Waals surface area (Å²) >= 11 is 0. The molecule has 1 aromatic rings. The molecule has 2 rings (SSSR count). The maximum atomic E-state index is 13.2. The minimum atomic E-state index is -0.783. The van der Waals surface area contributed by atoms with Crippen molar-refractivity contribution in [2.75, 3.05) is 11.5 Å². The van der Waals surface area contributed by atoms with Gasteiger partial charge in [-0.15, -0.1) is 0 Å². The van der Waals surface area contributed by atoms with Gasteiger partial charge in [0.15, 0.2) is 0 Å². The van der Waals surface area contributed by atoms with Gasteiger partial charge in [0, 0.05) is 12.0 Å². The summed E-state index contributed by atoms with van der Waals surface area (Å²) in [6.07, 6.45) is 0.310. The second-order valence-corrected chi connectivity index (χ2v) is 9.39. The van der Waals surface area contributed by atoms with E-state index >= 15 is 0 Å². The number of benzene rings is 1. The van der Waals surface area contributed by atoms with Gasteiger partial charge < -0.3 is 9.64 Å². The Kier molecular flexibility index (Phi) is 6.21. The Balaban J connectivity index is 2.31. The average molecular weight is 389 g/mol. The minimum absolute atomic E-state index is 0.000796. The highest BCUT2D eigenvalue weighted by atomic mass is 16.5. The Morgan fingerprint density at radius 1 is 1.11 bits per heavy atom. The summed E-state index contributed by atoms with van der Waals surface area (Å²) in [5, 5.41) is 0. The first kappa shape index (κ1) is 21.9. The van der Waals surface area contributed by atoms with Crippen molar-refractivity contribution >= 4 is 23.4 Å². The van der Waals surface area contributed by atoms with Crippen molar-refractivity contribution in [3.63, 3.8) is 0 Å². The molecule has 0 N–H and O–H groups in total. The standard InChI is InChI=1S/C22H32N2O4/c1-8-28-16-11-9-15(10-12-16)23-18(25)13-17(20(23)27)24(22(5,6)7)19(26)14-21(2,3)4/h9-12,17H,8,13-14H2,1-7H3. The van der Waals surface area contributed by atoms with E-state index in [0.717, 1.165) is 0 Å². The number of carbonyl (C=O) groups excluding carboxylic acids is 3. The first-order chi connectivity index (χ1) is 12.8. The van der Waals surface area contributed by atoms with Gasteiger partial charge in [0.2, 0.25) is 11.8 Å². The molecule has 0 spiro atoms. The van der Waals surface area contributed by atoms with Gasteiger partial charge >= 0.3 is 0 Å². The average Bonchev–Trinajstić information content (AvgIpc) is 2.80. The summed E-state index contributed by atoms with van der Waals surface area (Å²) < 4.78 is 5.42. The van der Waals surface area contributed by atoms with E-state index in [1.54, 1.807) is 29.2 Å². The van der Waals surface area contributed by atoms with E-state index in [4.69, 9.17) is 4.74 Å². The third-order valence-electron chi connectivity index (χ3n) is 4.51. The summed E-state index contributed by atoms with van der Waals surface area (Å²) in [5.41, 5.74) is -0.281. The van der Waals surface area contributed by atoms with Crippen LogP contribution >= 0.6 is 0 Å². The fourth-order valence-electron chi connectivity index (χ4n) is 3.50. The maximum absolute atomic E-state index is 13.2. The van der Waals surface area contributed by atoms with Crippen LogP contribution in [0.3, 0.4) is 0 Å². The molecule has 0 aromatic heterocycles. The molecule has 1 unspecified atom stereocenters. The highest BCUT2D eigenvalue weighted by molar-refractivity contribution is 6.23. The van der Waals surface area contributed by atoms with Gasteiger partial charge in [-0.1, -0.05) is 20.8 Å². The molecular formula is C22H32N2O4. The normalized spacial score (nSPS) is 17.8. The number of rotatable bonds is 5. The Hall–Kier alpha value is -2.37. The second-order valence-electron chi connectivity index (χ2n) is 9.39. The number of hydrogen-bond acceptors (Lipinski definition) is 4. The van der Waals surface area contributed by atoms with Gasteiger partial charge in [-0.05, 0) is 57.4 Å². The topological polar surface area (TPSA) is 66.9 Å². The summed E-state index contributed by atoms with van der Waals surface area (Å²) in [6.45, 7) is 14.1. The molecule has 1 saturated heterocycles. The number of ether oxygens (including phenoxy) is 1. The number of imide groups is 1. The first-order valence-electron chi connectivity index (χ1n) is 9.77. The van der Waals surface area contributed by atoms with E-state index in [2.05, 4.69) is 0 Å². The third-order valence-corrected chi connectivity index (χ3v) is 4.51. The first-order valence-corrected chi connectivity index (χ1v) is 9.77. The van der Waals surface area contributed by atoms with Crippen molar-refractivity contribution in [3.05, 3.63) is 24.3 Å². The predicted octanol–water partition coefficient (Wildman–Crippen LogP) is 3.78. The molecule has 28 heavy (non-hydrogen) atoms. The molecule has 1 aliphatic rings. The lowest BCUT2D eigenvalue weighted by atomic mass is 9.89. The fourth-order valence-corrected chi connectivity index (χ4v) is 3.50. The Labute approximate surface area is 167 Å². The van der Waals surface area contributed by atoms with Crippen LogP contribution in [0, 0.1) is 5.41 Å². The monoisotopic (exact) mass is 388 g/mol. The molecule has 0 bridgehead atoms. The minimum Gasteiger partial charge on any atom is -0.494 e. The Bertz CT molecular complexity index is 741. The lowest BCUT2D eigenvalue weighted by Crippen LogP contribution is -2.55. The molecule has 1 aliphatic heterocycles. The maximum Gasteiger partial charge on any atom is 0.257 e. The van der Waals surface area contributed by atoms with Crippen molar-refractivity contribution in [3.8, 4) is 5.75 Å². The van der Waals surface area contributed by atoms with Crippen LogP contribution < -0.4 is 9.64 Å². The van der Waals surface area contributed by atoms with Gasteiger partial charge in [0.1, 0.15) is 11.8 Å². The molecular weight excluding hydrogens is 356 g/mol. The largest absolute Gasteiger partial charge is 0.494 e. The highest BCUT2D eigenvalue weighted by Crippen LogP contribution is 2.32. The van der Waals surface area contributed by atoms with E-state index in [9.17, 15) is 14.4 Å². The molecule has 6 heteroatoms. The number of carbonyl (C=O) groups is 3. The van der Waals surface area contributed by atoms with Crippen LogP contribution in [0.4, 0.5) is 5.69 Å². The number of anilines is 1. The van der Waals surface area contributed by atoms with Crippen LogP contribution in [0.15, 0.2) is 24.3 Å². The van der Waals surface area contributed by atoms with Crippen LogP contribution in [0.5, 0.6) is 5.75 Å². The summed E-state index contributed by atoms with van der Waals surface area (Å²) in [5.74, 6) is -0.0819. The quantitative estimate of drug-likeness (QED) is 0.720. The smallest absolute Gasteiger partial charge is 0.257 e. The molecule has 6 nitrogen and oxygen atoms in total. The van der Waals surface area contributed by atoms with Crippen LogP contribution in [-0.2, 0) is 14.4 Å². The second kappa shape index (κ2) is 7.94. The molecule has 1 atom stereocenters. The SMILES string of the molecule is CCOc1ccc(N2C(=O)CC(N(C(=O)CC(C)(C)C)C(C)(C)C)C2=O)cc1. The summed E-state index contributed by atoms with van der Waals surface area (Å²) in [4.78, 5) is 41.7. The van der Waals surface area contributed by atoms with Gasteiger partial charge in [-0.25, -0.2) is 4.90 Å². The van der Waals surface area contributed by atoms with Crippen molar-refractivity contribution < 1.29 is 19.1 Å². The van der Waals surface area contributed by atoms with Crippen molar-refractivity contribution in [2.45, 2.75) is 72.9 Å². The van der Waals surface area contributed by atoms with E-state index < -0.39 is 11.6 Å². The molecule has 3 amide bonds. The third kappa shape index (κ3) is 4.91. The molecule has 0 radical (unpaired) electrons. The molecule has 1 fully saturated rings. The highest BCUT2D eigenvalue weighted by Gasteiger charge is 2.47. The Morgan fingerprint density at radius 3 is 2.14 bits per heavy atom. The van der Waals surface area contributed by atoms with Crippen molar-refractivity contribution in [2.24, 2.45) is 5.41 Å². The zero-order valence-electron chi connectivity index (χ0n) is 18.0. The van der Waals surface area contributed by atoms with Crippen LogP contribution in [0.1, 0.15) is 61.3 Å². The molecule has 0 aliphatic carbocycles. The molecule has 1 aromatic carbocycles. The fraction of sp³-hybridized carbons (Fsp3) is 0.591. The number of amides is 3. The Morgan fingerprint density at radius 2 is 1.68 bits per heavy atom. The van der Waals surface area contributed by atoms with Crippen LogP contribution in [0.25, 0.3) is 0 Å².